The number of carbonyl (C=O) groups is 1. The zero-order valence-corrected chi connectivity index (χ0v) is 17.9. The lowest BCUT2D eigenvalue weighted by molar-refractivity contribution is -0.131. The number of hydrogen-bond donors (Lipinski definition) is 1. The van der Waals surface area contributed by atoms with Crippen LogP contribution in [0.25, 0.3) is 10.9 Å². The molecule has 1 aliphatic heterocycles. The minimum Gasteiger partial charge on any atom is -0.361 e. The van der Waals surface area contributed by atoms with Gasteiger partial charge < -0.3 is 9.88 Å². The van der Waals surface area contributed by atoms with E-state index < -0.39 is 0 Å². The topological polar surface area (TPSA) is 49.0 Å². The molecule has 3 heterocycles. The minimum atomic E-state index is -0.202. The molecule has 0 bridgehead atoms. The lowest BCUT2D eigenvalue weighted by atomic mass is 9.93. The van der Waals surface area contributed by atoms with E-state index in [1.165, 1.54) is 6.07 Å². The number of piperidine rings is 1. The van der Waals surface area contributed by atoms with Crippen LogP contribution in [0, 0.1) is 5.82 Å². The van der Waals surface area contributed by atoms with E-state index in [0.717, 1.165) is 47.2 Å². The first-order valence-corrected chi connectivity index (χ1v) is 11.2. The number of aromatic nitrogens is 2. The predicted octanol–water partition coefficient (Wildman–Crippen LogP) is 5.24. The van der Waals surface area contributed by atoms with Gasteiger partial charge in [-0.3, -0.25) is 9.78 Å². The number of H-pyrrole nitrogens is 1. The maximum Gasteiger partial charge on any atom is 0.227 e. The van der Waals surface area contributed by atoms with Crippen molar-refractivity contribution in [2.24, 2.45) is 0 Å². The number of halogens is 1. The summed E-state index contributed by atoms with van der Waals surface area (Å²) in [5.74, 6) is 0.157. The Bertz CT molecular complexity index is 1250. The summed E-state index contributed by atoms with van der Waals surface area (Å²) in [7, 11) is 0. The number of nitrogens with zero attached hydrogens (tertiary/aromatic N) is 2. The molecule has 1 amide bonds. The van der Waals surface area contributed by atoms with Gasteiger partial charge in [-0.2, -0.15) is 0 Å². The van der Waals surface area contributed by atoms with Gasteiger partial charge in [-0.25, -0.2) is 4.39 Å². The predicted molar refractivity (Wildman–Crippen MR) is 124 cm³/mol. The maximum absolute atomic E-state index is 14.0. The molecule has 4 aromatic rings. The minimum absolute atomic E-state index is 0.155. The van der Waals surface area contributed by atoms with Crippen LogP contribution in [0.1, 0.15) is 41.3 Å². The van der Waals surface area contributed by atoms with E-state index >= 15 is 0 Å². The molecular weight excluding hydrogens is 401 g/mol. The number of rotatable bonds is 5. The normalized spacial score (nSPS) is 16.4. The highest BCUT2D eigenvalue weighted by Gasteiger charge is 2.26. The molecule has 5 rings (SSSR count). The summed E-state index contributed by atoms with van der Waals surface area (Å²) < 4.78 is 14.0. The van der Waals surface area contributed by atoms with E-state index in [4.69, 9.17) is 4.98 Å². The first-order valence-electron chi connectivity index (χ1n) is 11.2. The van der Waals surface area contributed by atoms with Gasteiger partial charge in [0.2, 0.25) is 5.91 Å². The molecule has 1 saturated heterocycles. The van der Waals surface area contributed by atoms with Gasteiger partial charge in [0.15, 0.2) is 0 Å². The Morgan fingerprint density at radius 3 is 2.78 bits per heavy atom. The average molecular weight is 428 g/mol. The number of carbonyl (C=O) groups excluding carboxylic acids is 1. The SMILES string of the molecule is O=C(Cc1c[nH]c2ccccc12)N1CCCC(c2cccc(Cc3ccccc3F)n2)C1. The highest BCUT2D eigenvalue weighted by Crippen LogP contribution is 2.27. The third-order valence-electron chi connectivity index (χ3n) is 6.37. The van der Waals surface area contributed by atoms with Crippen molar-refractivity contribution in [2.75, 3.05) is 13.1 Å². The molecule has 5 heteroatoms. The van der Waals surface area contributed by atoms with Gasteiger partial charge in [-0.05, 0) is 48.2 Å². The molecule has 1 aliphatic rings. The summed E-state index contributed by atoms with van der Waals surface area (Å²) in [5, 5.41) is 1.11. The van der Waals surface area contributed by atoms with E-state index in [1.807, 2.05) is 53.6 Å². The Labute approximate surface area is 187 Å². The Morgan fingerprint density at radius 2 is 1.88 bits per heavy atom. The fourth-order valence-electron chi connectivity index (χ4n) is 4.66. The smallest absolute Gasteiger partial charge is 0.227 e. The van der Waals surface area contributed by atoms with E-state index in [0.29, 0.717) is 24.9 Å². The van der Waals surface area contributed by atoms with Gasteiger partial charge in [0.05, 0.1) is 6.42 Å². The van der Waals surface area contributed by atoms with Crippen molar-refractivity contribution in [3.63, 3.8) is 0 Å². The molecule has 1 unspecified atom stereocenters. The molecule has 0 aliphatic carbocycles. The molecule has 162 valence electrons. The number of hydrogen-bond acceptors (Lipinski definition) is 2. The number of nitrogens with one attached hydrogen (secondary N) is 1. The number of fused-ring (bicyclic) bond motifs is 1. The Morgan fingerprint density at radius 1 is 1.03 bits per heavy atom. The number of pyridine rings is 1. The molecular formula is C27H26FN3O. The fraction of sp³-hybridized carbons (Fsp3) is 0.259. The Balaban J connectivity index is 1.28. The van der Waals surface area contributed by atoms with Gasteiger partial charge in [-0.15, -0.1) is 0 Å². The quantitative estimate of drug-likeness (QED) is 0.473. The standard InChI is InChI=1S/C27H26FN3O/c28-24-11-3-1-7-19(24)15-22-9-5-13-25(30-22)20-8-6-14-31(18-20)27(32)16-21-17-29-26-12-4-2-10-23(21)26/h1-5,7,9-13,17,20,29H,6,8,14-16,18H2. The number of amides is 1. The van der Waals surface area contributed by atoms with Crippen LogP contribution >= 0.6 is 0 Å². The third-order valence-corrected chi connectivity index (χ3v) is 6.37. The van der Waals surface area contributed by atoms with Crippen molar-refractivity contribution in [2.45, 2.75) is 31.6 Å². The average Bonchev–Trinajstić information content (AvgIpc) is 3.24. The van der Waals surface area contributed by atoms with Gasteiger partial charge in [0.25, 0.3) is 0 Å². The first-order chi connectivity index (χ1) is 15.7. The molecule has 2 aromatic carbocycles. The molecule has 1 atom stereocenters. The van der Waals surface area contributed by atoms with E-state index in [9.17, 15) is 9.18 Å². The molecule has 0 saturated carbocycles. The van der Waals surface area contributed by atoms with Crippen molar-refractivity contribution >= 4 is 16.8 Å². The van der Waals surface area contributed by atoms with E-state index in [-0.39, 0.29) is 17.6 Å². The second-order valence-electron chi connectivity index (χ2n) is 8.54. The highest BCUT2D eigenvalue weighted by molar-refractivity contribution is 5.88. The zero-order chi connectivity index (χ0) is 21.9. The molecule has 32 heavy (non-hydrogen) atoms. The molecule has 0 spiro atoms. The Kier molecular flexibility index (Phi) is 5.71. The summed E-state index contributed by atoms with van der Waals surface area (Å²) in [4.78, 5) is 23.1. The van der Waals surface area contributed by atoms with Crippen molar-refractivity contribution in [3.8, 4) is 0 Å². The summed E-state index contributed by atoms with van der Waals surface area (Å²) in [6.45, 7) is 1.46. The van der Waals surface area contributed by atoms with Crippen molar-refractivity contribution in [1.82, 2.24) is 14.9 Å². The van der Waals surface area contributed by atoms with Crippen LogP contribution in [0.2, 0.25) is 0 Å². The largest absolute Gasteiger partial charge is 0.361 e. The van der Waals surface area contributed by atoms with Gasteiger partial charge >= 0.3 is 0 Å². The van der Waals surface area contributed by atoms with Gasteiger partial charge in [0.1, 0.15) is 5.82 Å². The zero-order valence-electron chi connectivity index (χ0n) is 17.9. The summed E-state index contributed by atoms with van der Waals surface area (Å²) in [6, 6.07) is 20.9. The third kappa shape index (κ3) is 4.28. The van der Waals surface area contributed by atoms with Gasteiger partial charge in [-0.1, -0.05) is 42.5 Å². The van der Waals surface area contributed by atoms with Crippen LogP contribution in [0.5, 0.6) is 0 Å². The van der Waals surface area contributed by atoms with E-state index in [1.54, 1.807) is 12.1 Å². The second kappa shape index (κ2) is 8.95. The fourth-order valence-corrected chi connectivity index (χ4v) is 4.66. The van der Waals surface area contributed by atoms with Crippen LogP contribution in [0.15, 0.2) is 72.9 Å². The van der Waals surface area contributed by atoms with Crippen LogP contribution in [0.4, 0.5) is 4.39 Å². The van der Waals surface area contributed by atoms with Crippen molar-refractivity contribution < 1.29 is 9.18 Å². The highest BCUT2D eigenvalue weighted by atomic mass is 19.1. The first kappa shape index (κ1) is 20.4. The lowest BCUT2D eigenvalue weighted by Gasteiger charge is -2.32. The second-order valence-corrected chi connectivity index (χ2v) is 8.54. The van der Waals surface area contributed by atoms with Crippen LogP contribution in [-0.2, 0) is 17.6 Å². The summed E-state index contributed by atoms with van der Waals surface area (Å²) in [5.41, 5.74) is 4.59. The van der Waals surface area contributed by atoms with Crippen LogP contribution in [-0.4, -0.2) is 33.9 Å². The van der Waals surface area contributed by atoms with Crippen molar-refractivity contribution in [1.29, 1.82) is 0 Å². The lowest BCUT2D eigenvalue weighted by Crippen LogP contribution is -2.40. The molecule has 2 aromatic heterocycles. The molecule has 1 N–H and O–H groups in total. The maximum atomic E-state index is 14.0. The monoisotopic (exact) mass is 427 g/mol. The number of aromatic amines is 1. The number of para-hydroxylation sites is 1. The van der Waals surface area contributed by atoms with Gasteiger partial charge in [0, 0.05) is 53.9 Å². The van der Waals surface area contributed by atoms with Crippen LogP contribution < -0.4 is 0 Å². The molecule has 4 nitrogen and oxygen atoms in total. The molecule has 1 fully saturated rings. The summed E-state index contributed by atoms with van der Waals surface area (Å²) >= 11 is 0. The van der Waals surface area contributed by atoms with E-state index in [2.05, 4.69) is 11.1 Å². The van der Waals surface area contributed by atoms with Crippen molar-refractivity contribution in [3.05, 3.63) is 101 Å². The number of likely N-dealkylation sites (tertiary alicyclic amines) is 1. The number of benzene rings is 2. The summed E-state index contributed by atoms with van der Waals surface area (Å²) in [6.07, 6.45) is 4.78. The Hall–Kier alpha value is -3.47. The van der Waals surface area contributed by atoms with Crippen LogP contribution in [0.3, 0.4) is 0 Å². The molecule has 0 radical (unpaired) electrons.